The lowest BCUT2D eigenvalue weighted by atomic mass is 9.92. The lowest BCUT2D eigenvalue weighted by Crippen LogP contribution is -2.32. The maximum atomic E-state index is 14.8. The zero-order chi connectivity index (χ0) is 21.3. The van der Waals surface area contributed by atoms with Crippen molar-refractivity contribution in [3.8, 4) is 5.82 Å². The first-order valence-corrected chi connectivity index (χ1v) is 9.43. The fourth-order valence-electron chi connectivity index (χ4n) is 3.64. The topological polar surface area (TPSA) is 107 Å². The van der Waals surface area contributed by atoms with Crippen LogP contribution in [0.2, 0.25) is 0 Å². The van der Waals surface area contributed by atoms with Crippen molar-refractivity contribution >= 4 is 5.91 Å². The lowest BCUT2D eigenvalue weighted by Gasteiger charge is -2.23. The van der Waals surface area contributed by atoms with Crippen LogP contribution >= 0.6 is 0 Å². The van der Waals surface area contributed by atoms with Crippen LogP contribution in [0.15, 0.2) is 48.9 Å². The largest absolute Gasteiger partial charge is 0.619 e. The Kier molecular flexibility index (Phi) is 5.17. The molecule has 30 heavy (non-hydrogen) atoms. The number of carbonyl (C=O) groups excluding carboxylic acids is 1. The maximum absolute atomic E-state index is 14.8. The number of amides is 1. The quantitative estimate of drug-likeness (QED) is 0.488. The third-order valence-electron chi connectivity index (χ3n) is 5.03. The lowest BCUT2D eigenvalue weighted by molar-refractivity contribution is -0.605. The van der Waals surface area contributed by atoms with E-state index in [1.165, 1.54) is 6.20 Å². The molecule has 4 rings (SSSR count). The molecule has 2 heterocycles. The SMILES string of the molecule is O=C(NC(CO)c1ccccc1)c1nn(-c2c[n+]([O-])ccn2)c2c1CCCC2(F)F. The third kappa shape index (κ3) is 3.61. The van der Waals surface area contributed by atoms with E-state index in [0.717, 1.165) is 17.1 Å². The number of rotatable bonds is 5. The average molecular weight is 415 g/mol. The Morgan fingerprint density at radius 1 is 1.37 bits per heavy atom. The van der Waals surface area contributed by atoms with Gasteiger partial charge in [-0.1, -0.05) is 30.3 Å². The standard InChI is InChI=1S/C20H19F2N5O3/c21-20(22)8-4-7-14-17(19(29)24-15(12-28)13-5-2-1-3-6-13)25-27(18(14)20)16-11-26(30)10-9-23-16/h1-3,5-6,9-11,15,28H,4,7-8,12H2,(H,24,29). The molecule has 0 aliphatic heterocycles. The molecule has 0 fully saturated rings. The number of benzene rings is 1. The van der Waals surface area contributed by atoms with Gasteiger partial charge in [-0.05, 0) is 18.4 Å². The number of halogens is 2. The van der Waals surface area contributed by atoms with Crippen molar-refractivity contribution in [3.63, 3.8) is 0 Å². The van der Waals surface area contributed by atoms with Crippen LogP contribution in [-0.4, -0.2) is 32.4 Å². The van der Waals surface area contributed by atoms with E-state index in [2.05, 4.69) is 15.4 Å². The molecule has 10 heteroatoms. The molecular weight excluding hydrogens is 396 g/mol. The summed E-state index contributed by atoms with van der Waals surface area (Å²) >= 11 is 0. The molecule has 0 spiro atoms. The van der Waals surface area contributed by atoms with Crippen molar-refractivity contribution in [3.05, 3.63) is 76.6 Å². The highest BCUT2D eigenvalue weighted by Crippen LogP contribution is 2.42. The Hall–Kier alpha value is -3.40. The normalized spacial score (nSPS) is 16.0. The summed E-state index contributed by atoms with van der Waals surface area (Å²) in [5, 5.41) is 28.1. The first kappa shape index (κ1) is 19.9. The number of alkyl halides is 2. The second-order valence-electron chi connectivity index (χ2n) is 7.04. The number of hydrogen-bond donors (Lipinski definition) is 2. The molecule has 0 radical (unpaired) electrons. The first-order valence-electron chi connectivity index (χ1n) is 9.43. The monoisotopic (exact) mass is 415 g/mol. The van der Waals surface area contributed by atoms with Crippen LogP contribution in [-0.2, 0) is 12.3 Å². The Labute approximate surface area is 170 Å². The van der Waals surface area contributed by atoms with Crippen LogP contribution in [0.4, 0.5) is 8.78 Å². The molecule has 1 amide bonds. The molecule has 156 valence electrons. The minimum absolute atomic E-state index is 0.105. The molecule has 0 saturated carbocycles. The summed E-state index contributed by atoms with van der Waals surface area (Å²) in [5.74, 6) is -4.01. The fourth-order valence-corrected chi connectivity index (χ4v) is 3.64. The third-order valence-corrected chi connectivity index (χ3v) is 5.03. The van der Waals surface area contributed by atoms with E-state index in [4.69, 9.17) is 0 Å². The van der Waals surface area contributed by atoms with E-state index < -0.39 is 23.6 Å². The van der Waals surface area contributed by atoms with Crippen molar-refractivity contribution in [2.75, 3.05) is 6.61 Å². The summed E-state index contributed by atoms with van der Waals surface area (Å²) in [6.45, 7) is -0.370. The Morgan fingerprint density at radius 2 is 2.13 bits per heavy atom. The smallest absolute Gasteiger partial charge is 0.290 e. The van der Waals surface area contributed by atoms with Gasteiger partial charge in [0, 0.05) is 12.0 Å². The number of carbonyl (C=O) groups is 1. The molecule has 2 N–H and O–H groups in total. The number of fused-ring (bicyclic) bond motifs is 1. The van der Waals surface area contributed by atoms with Crippen LogP contribution in [0.25, 0.3) is 5.82 Å². The summed E-state index contributed by atoms with van der Waals surface area (Å²) in [5.41, 5.74) is 0.195. The van der Waals surface area contributed by atoms with Crippen molar-refractivity contribution in [1.82, 2.24) is 20.1 Å². The highest BCUT2D eigenvalue weighted by Gasteiger charge is 2.44. The second kappa shape index (κ2) is 7.79. The number of hydrogen-bond acceptors (Lipinski definition) is 5. The Morgan fingerprint density at radius 3 is 2.83 bits per heavy atom. The van der Waals surface area contributed by atoms with Gasteiger partial charge in [0.2, 0.25) is 12.0 Å². The minimum Gasteiger partial charge on any atom is -0.619 e. The summed E-state index contributed by atoms with van der Waals surface area (Å²) in [6.07, 6.45) is 3.36. The number of nitrogens with zero attached hydrogens (tertiary/aromatic N) is 4. The summed E-state index contributed by atoms with van der Waals surface area (Å²) in [4.78, 5) is 16.9. The predicted molar refractivity (Wildman–Crippen MR) is 101 cm³/mol. The first-order chi connectivity index (χ1) is 14.4. The number of aromatic nitrogens is 4. The maximum Gasteiger partial charge on any atom is 0.290 e. The number of aliphatic hydroxyl groups excluding tert-OH is 1. The zero-order valence-corrected chi connectivity index (χ0v) is 15.8. The molecule has 2 aromatic heterocycles. The molecule has 1 aliphatic rings. The van der Waals surface area contributed by atoms with Gasteiger partial charge in [0.05, 0.1) is 18.8 Å². The minimum atomic E-state index is -3.22. The van der Waals surface area contributed by atoms with Gasteiger partial charge in [-0.15, -0.1) is 0 Å². The van der Waals surface area contributed by atoms with E-state index >= 15 is 0 Å². The number of aliphatic hydroxyl groups is 1. The van der Waals surface area contributed by atoms with Gasteiger partial charge >= 0.3 is 0 Å². The molecule has 1 aliphatic carbocycles. The van der Waals surface area contributed by atoms with Crippen molar-refractivity contribution in [2.45, 2.75) is 31.2 Å². The van der Waals surface area contributed by atoms with Crippen LogP contribution in [0.1, 0.15) is 46.2 Å². The van der Waals surface area contributed by atoms with E-state index in [0.29, 0.717) is 10.3 Å². The van der Waals surface area contributed by atoms with E-state index in [-0.39, 0.29) is 42.9 Å². The molecule has 3 aromatic rings. The van der Waals surface area contributed by atoms with Crippen LogP contribution in [0, 0.1) is 5.21 Å². The summed E-state index contributed by atoms with van der Waals surface area (Å²) < 4.78 is 30.8. The van der Waals surface area contributed by atoms with E-state index in [9.17, 15) is 23.9 Å². The van der Waals surface area contributed by atoms with Crippen molar-refractivity contribution in [1.29, 1.82) is 0 Å². The van der Waals surface area contributed by atoms with Gasteiger partial charge in [0.25, 0.3) is 11.8 Å². The van der Waals surface area contributed by atoms with Gasteiger partial charge < -0.3 is 15.6 Å². The molecule has 8 nitrogen and oxygen atoms in total. The molecule has 0 bridgehead atoms. The molecular formula is C20H19F2N5O3. The van der Waals surface area contributed by atoms with Gasteiger partial charge in [-0.2, -0.15) is 18.6 Å². The highest BCUT2D eigenvalue weighted by molar-refractivity contribution is 5.94. The van der Waals surface area contributed by atoms with Gasteiger partial charge in [-0.3, -0.25) is 4.79 Å². The van der Waals surface area contributed by atoms with Gasteiger partial charge in [0.15, 0.2) is 11.9 Å². The second-order valence-corrected chi connectivity index (χ2v) is 7.04. The molecule has 0 saturated heterocycles. The van der Waals surface area contributed by atoms with E-state index in [1.807, 2.05) is 0 Å². The molecule has 1 aromatic carbocycles. The zero-order valence-electron chi connectivity index (χ0n) is 15.8. The van der Waals surface area contributed by atoms with Crippen LogP contribution in [0.5, 0.6) is 0 Å². The van der Waals surface area contributed by atoms with Gasteiger partial charge in [-0.25, -0.2) is 9.67 Å². The van der Waals surface area contributed by atoms with Crippen molar-refractivity contribution in [2.24, 2.45) is 0 Å². The molecule has 1 atom stereocenters. The van der Waals surface area contributed by atoms with Gasteiger partial charge in [0.1, 0.15) is 5.69 Å². The van der Waals surface area contributed by atoms with E-state index in [1.54, 1.807) is 30.3 Å². The number of nitrogens with one attached hydrogen (secondary N) is 1. The Bertz CT molecular complexity index is 1070. The van der Waals surface area contributed by atoms with Crippen LogP contribution in [0.3, 0.4) is 0 Å². The average Bonchev–Trinajstić information content (AvgIpc) is 3.14. The summed E-state index contributed by atoms with van der Waals surface area (Å²) in [7, 11) is 0. The summed E-state index contributed by atoms with van der Waals surface area (Å²) in [6, 6.07) is 8.09. The molecule has 1 unspecified atom stereocenters. The fraction of sp³-hybridized carbons (Fsp3) is 0.300. The predicted octanol–water partition coefficient (Wildman–Crippen LogP) is 1.79. The highest BCUT2D eigenvalue weighted by atomic mass is 19.3. The van der Waals surface area contributed by atoms with Crippen molar-refractivity contribution < 1.29 is 23.4 Å². The van der Waals surface area contributed by atoms with Crippen LogP contribution < -0.4 is 10.0 Å². The Balaban J connectivity index is 1.76.